The third kappa shape index (κ3) is 2.26. The molecular formula is C18H15N5O3. The summed E-state index contributed by atoms with van der Waals surface area (Å²) in [6, 6.07) is 10.8. The monoisotopic (exact) mass is 349 g/mol. The number of benzene rings is 1. The minimum Gasteiger partial charge on any atom is -0.462 e. The van der Waals surface area contributed by atoms with E-state index in [-0.39, 0.29) is 17.8 Å². The molecule has 0 aliphatic heterocycles. The molecule has 130 valence electrons. The van der Waals surface area contributed by atoms with Gasteiger partial charge in [-0.05, 0) is 37.6 Å². The summed E-state index contributed by atoms with van der Waals surface area (Å²) in [6.45, 7) is 3.80. The van der Waals surface area contributed by atoms with Gasteiger partial charge in [0.25, 0.3) is 0 Å². The number of carbonyl (C=O) groups is 1. The SMILES string of the molecule is CCOC(=O)c1c2ncccc2n2c(=O)n(-c3ccccc3C)nnc12. The van der Waals surface area contributed by atoms with E-state index in [9.17, 15) is 9.59 Å². The van der Waals surface area contributed by atoms with Crippen LogP contribution in [0.5, 0.6) is 0 Å². The van der Waals surface area contributed by atoms with Crippen molar-refractivity contribution in [3.8, 4) is 5.69 Å². The number of para-hydroxylation sites is 1. The topological polar surface area (TPSA) is 91.4 Å². The fourth-order valence-electron chi connectivity index (χ4n) is 2.95. The first-order valence-electron chi connectivity index (χ1n) is 8.11. The Morgan fingerprint density at radius 3 is 2.77 bits per heavy atom. The first-order chi connectivity index (χ1) is 12.6. The van der Waals surface area contributed by atoms with E-state index < -0.39 is 11.7 Å². The second kappa shape index (κ2) is 6.07. The highest BCUT2D eigenvalue weighted by Crippen LogP contribution is 2.23. The van der Waals surface area contributed by atoms with Crippen LogP contribution < -0.4 is 5.69 Å². The number of pyridine rings is 1. The molecule has 0 radical (unpaired) electrons. The van der Waals surface area contributed by atoms with Crippen molar-refractivity contribution in [2.24, 2.45) is 0 Å². The molecule has 0 fully saturated rings. The van der Waals surface area contributed by atoms with E-state index in [0.717, 1.165) is 5.56 Å². The maximum Gasteiger partial charge on any atom is 0.357 e. The minimum absolute atomic E-state index is 0.131. The molecule has 0 aliphatic rings. The Kier molecular flexibility index (Phi) is 3.72. The van der Waals surface area contributed by atoms with E-state index in [1.165, 1.54) is 9.08 Å². The second-order valence-electron chi connectivity index (χ2n) is 5.70. The molecule has 8 heteroatoms. The van der Waals surface area contributed by atoms with Crippen molar-refractivity contribution in [2.45, 2.75) is 13.8 Å². The van der Waals surface area contributed by atoms with Crippen LogP contribution in [0.1, 0.15) is 22.8 Å². The van der Waals surface area contributed by atoms with Gasteiger partial charge in [0.05, 0.1) is 17.8 Å². The number of ether oxygens (including phenoxy) is 1. The average Bonchev–Trinajstić information content (AvgIpc) is 2.98. The van der Waals surface area contributed by atoms with Gasteiger partial charge in [0, 0.05) is 6.20 Å². The molecule has 0 aliphatic carbocycles. The highest BCUT2D eigenvalue weighted by atomic mass is 16.5. The Balaban J connectivity index is 2.11. The van der Waals surface area contributed by atoms with Gasteiger partial charge in [-0.2, -0.15) is 4.68 Å². The lowest BCUT2D eigenvalue weighted by molar-refractivity contribution is 0.0530. The number of nitrogens with zero attached hydrogens (tertiary/aromatic N) is 5. The molecule has 3 aromatic heterocycles. The predicted octanol–water partition coefficient (Wildman–Crippen LogP) is 1.91. The third-order valence-electron chi connectivity index (χ3n) is 4.12. The summed E-state index contributed by atoms with van der Waals surface area (Å²) >= 11 is 0. The molecule has 0 spiro atoms. The van der Waals surface area contributed by atoms with E-state index in [4.69, 9.17) is 4.74 Å². The summed E-state index contributed by atoms with van der Waals surface area (Å²) in [5.41, 5.74) is 2.18. The highest BCUT2D eigenvalue weighted by molar-refractivity contribution is 6.09. The molecule has 0 amide bonds. The molecule has 8 nitrogen and oxygen atoms in total. The molecule has 0 saturated carbocycles. The second-order valence-corrected chi connectivity index (χ2v) is 5.70. The van der Waals surface area contributed by atoms with Crippen LogP contribution in [0.3, 0.4) is 0 Å². The molecule has 3 heterocycles. The highest BCUT2D eigenvalue weighted by Gasteiger charge is 2.24. The van der Waals surface area contributed by atoms with Crippen LogP contribution in [0.25, 0.3) is 22.4 Å². The van der Waals surface area contributed by atoms with Crippen molar-refractivity contribution < 1.29 is 9.53 Å². The summed E-state index contributed by atoms with van der Waals surface area (Å²) < 4.78 is 7.66. The number of hydrogen-bond donors (Lipinski definition) is 0. The normalized spacial score (nSPS) is 11.2. The fourth-order valence-corrected chi connectivity index (χ4v) is 2.95. The van der Waals surface area contributed by atoms with Gasteiger partial charge in [0.1, 0.15) is 11.1 Å². The van der Waals surface area contributed by atoms with Gasteiger partial charge in [0.15, 0.2) is 5.65 Å². The number of fused-ring (bicyclic) bond motifs is 3. The van der Waals surface area contributed by atoms with Crippen LogP contribution in [-0.4, -0.2) is 37.0 Å². The van der Waals surface area contributed by atoms with E-state index >= 15 is 0 Å². The van der Waals surface area contributed by atoms with Crippen molar-refractivity contribution in [3.63, 3.8) is 0 Å². The van der Waals surface area contributed by atoms with Crippen molar-refractivity contribution in [1.29, 1.82) is 0 Å². The number of esters is 1. The lowest BCUT2D eigenvalue weighted by Gasteiger charge is -2.07. The number of aromatic nitrogens is 5. The Bertz CT molecular complexity index is 1210. The molecule has 0 atom stereocenters. The molecular weight excluding hydrogens is 334 g/mol. The van der Waals surface area contributed by atoms with Crippen molar-refractivity contribution in [2.75, 3.05) is 6.61 Å². The lowest BCUT2D eigenvalue weighted by atomic mass is 10.2. The number of rotatable bonds is 3. The fraction of sp³-hybridized carbons (Fsp3) is 0.167. The zero-order valence-corrected chi connectivity index (χ0v) is 14.2. The van der Waals surface area contributed by atoms with E-state index in [1.54, 1.807) is 31.3 Å². The summed E-state index contributed by atoms with van der Waals surface area (Å²) in [5.74, 6) is -0.582. The van der Waals surface area contributed by atoms with Crippen LogP contribution in [-0.2, 0) is 4.74 Å². The van der Waals surface area contributed by atoms with Crippen LogP contribution in [0.2, 0.25) is 0 Å². The maximum atomic E-state index is 13.1. The number of carbonyl (C=O) groups excluding carboxylic acids is 1. The number of aryl methyl sites for hydroxylation is 1. The van der Waals surface area contributed by atoms with Gasteiger partial charge in [-0.3, -0.25) is 4.98 Å². The van der Waals surface area contributed by atoms with Crippen LogP contribution in [0.4, 0.5) is 0 Å². The molecule has 1 aromatic carbocycles. The molecule has 0 N–H and O–H groups in total. The molecule has 4 aromatic rings. The number of hydrogen-bond acceptors (Lipinski definition) is 6. The Hall–Kier alpha value is -3.55. The van der Waals surface area contributed by atoms with Gasteiger partial charge in [-0.25, -0.2) is 14.0 Å². The van der Waals surface area contributed by atoms with Crippen LogP contribution >= 0.6 is 0 Å². The molecule has 4 rings (SSSR count). The smallest absolute Gasteiger partial charge is 0.357 e. The average molecular weight is 349 g/mol. The largest absolute Gasteiger partial charge is 0.462 e. The quantitative estimate of drug-likeness (QED) is 0.525. The Labute approximate surface area is 147 Å². The standard InChI is InChI=1S/C18H15N5O3/c1-3-26-17(24)14-15-13(9-6-10-19-15)22-16(14)20-21-23(18(22)25)12-8-5-4-7-11(12)2/h4-10H,3H2,1-2H3. The van der Waals surface area contributed by atoms with E-state index in [2.05, 4.69) is 15.3 Å². The minimum atomic E-state index is -0.582. The van der Waals surface area contributed by atoms with Crippen molar-refractivity contribution in [1.82, 2.24) is 24.4 Å². The third-order valence-corrected chi connectivity index (χ3v) is 4.12. The lowest BCUT2D eigenvalue weighted by Crippen LogP contribution is -2.29. The van der Waals surface area contributed by atoms with Gasteiger partial charge in [-0.1, -0.05) is 23.4 Å². The molecule has 0 bridgehead atoms. The van der Waals surface area contributed by atoms with Gasteiger partial charge >= 0.3 is 11.7 Å². The van der Waals surface area contributed by atoms with E-state index in [0.29, 0.717) is 16.7 Å². The zero-order chi connectivity index (χ0) is 18.3. The van der Waals surface area contributed by atoms with Crippen LogP contribution in [0.15, 0.2) is 47.4 Å². The summed E-state index contributed by atoms with van der Waals surface area (Å²) in [6.07, 6.45) is 1.55. The molecule has 0 unspecified atom stereocenters. The predicted molar refractivity (Wildman–Crippen MR) is 94.6 cm³/mol. The Morgan fingerprint density at radius 2 is 2.00 bits per heavy atom. The summed E-state index contributed by atoms with van der Waals surface area (Å²) in [4.78, 5) is 29.8. The van der Waals surface area contributed by atoms with Gasteiger partial charge < -0.3 is 4.74 Å². The van der Waals surface area contributed by atoms with Gasteiger partial charge in [0.2, 0.25) is 0 Å². The van der Waals surface area contributed by atoms with Gasteiger partial charge in [-0.15, -0.1) is 5.10 Å². The maximum absolute atomic E-state index is 13.1. The molecule has 26 heavy (non-hydrogen) atoms. The van der Waals surface area contributed by atoms with Crippen LogP contribution in [0, 0.1) is 6.92 Å². The first-order valence-corrected chi connectivity index (χ1v) is 8.11. The van der Waals surface area contributed by atoms with E-state index in [1.807, 2.05) is 25.1 Å². The Morgan fingerprint density at radius 1 is 1.19 bits per heavy atom. The summed E-state index contributed by atoms with van der Waals surface area (Å²) in [5, 5.41) is 8.17. The van der Waals surface area contributed by atoms with Crippen molar-refractivity contribution >= 4 is 22.6 Å². The first kappa shape index (κ1) is 15.9. The zero-order valence-electron chi connectivity index (χ0n) is 14.2. The van der Waals surface area contributed by atoms with Crippen molar-refractivity contribution in [3.05, 3.63) is 64.2 Å². The molecule has 0 saturated heterocycles. The summed E-state index contributed by atoms with van der Waals surface area (Å²) in [7, 11) is 0.